The topological polar surface area (TPSA) is 145 Å². The Kier molecular flexibility index (Phi) is 11.9. The summed E-state index contributed by atoms with van der Waals surface area (Å²) in [6.07, 6.45) is 7.70. The van der Waals surface area contributed by atoms with E-state index in [1.54, 1.807) is 24.4 Å². The third-order valence-electron chi connectivity index (χ3n) is 10.7. The maximum Gasteiger partial charge on any atom is 0.249 e. The van der Waals surface area contributed by atoms with E-state index in [0.717, 1.165) is 58.2 Å². The highest BCUT2D eigenvalue weighted by Crippen LogP contribution is 2.38. The van der Waals surface area contributed by atoms with Crippen LogP contribution in [0.1, 0.15) is 75.3 Å². The Morgan fingerprint density at radius 3 is 2.53 bits per heavy atom. The van der Waals surface area contributed by atoms with Crippen LogP contribution in [0.3, 0.4) is 0 Å². The molecule has 4 aromatic rings. The molecule has 0 spiro atoms. The lowest BCUT2D eigenvalue weighted by Crippen LogP contribution is -2.47. The fourth-order valence-corrected chi connectivity index (χ4v) is 8.07. The third kappa shape index (κ3) is 9.09. The second kappa shape index (κ2) is 17.2. The number of nitrogens with zero attached hydrogens (tertiary/aromatic N) is 5. The Labute approximate surface area is 323 Å². The van der Waals surface area contributed by atoms with Gasteiger partial charge >= 0.3 is 0 Å². The number of amides is 2. The summed E-state index contributed by atoms with van der Waals surface area (Å²) in [4.78, 5) is 35.3. The molecule has 2 saturated heterocycles. The number of fused-ring (bicyclic) bond motifs is 1. The highest BCUT2D eigenvalue weighted by molar-refractivity contribution is 7.98. The quantitative estimate of drug-likeness (QED) is 0.0984. The van der Waals surface area contributed by atoms with Gasteiger partial charge in [0.2, 0.25) is 17.7 Å². The normalized spacial score (nSPS) is 20.9. The second-order valence-electron chi connectivity index (χ2n) is 14.3. The number of nitriles is 1. The number of ether oxygens (including phenoxy) is 2. The van der Waals surface area contributed by atoms with Gasteiger partial charge in [-0.1, -0.05) is 13.0 Å². The Hall–Kier alpha value is -5.04. The zero-order chi connectivity index (χ0) is 38.5. The van der Waals surface area contributed by atoms with Crippen molar-refractivity contribution in [3.05, 3.63) is 77.5 Å². The van der Waals surface area contributed by atoms with E-state index in [9.17, 15) is 19.2 Å². The molecule has 1 aromatic heterocycles. The summed E-state index contributed by atoms with van der Waals surface area (Å²) in [5, 5.41) is 15.3. The van der Waals surface area contributed by atoms with Crippen LogP contribution in [-0.2, 0) is 9.59 Å². The van der Waals surface area contributed by atoms with Crippen molar-refractivity contribution in [2.45, 2.75) is 82.4 Å². The first kappa shape index (κ1) is 38.2. The predicted molar refractivity (Wildman–Crippen MR) is 207 cm³/mol. The van der Waals surface area contributed by atoms with Crippen LogP contribution in [0.2, 0.25) is 0 Å². The van der Waals surface area contributed by atoms with Crippen molar-refractivity contribution in [1.82, 2.24) is 24.5 Å². The van der Waals surface area contributed by atoms with E-state index in [1.807, 2.05) is 30.4 Å². The first-order valence-corrected chi connectivity index (χ1v) is 19.6. The summed E-state index contributed by atoms with van der Waals surface area (Å²) in [6, 6.07) is 14.9. The van der Waals surface area contributed by atoms with Crippen molar-refractivity contribution in [1.29, 1.82) is 5.26 Å². The van der Waals surface area contributed by atoms with Crippen molar-refractivity contribution < 1.29 is 27.8 Å². The molecule has 1 aliphatic carbocycles. The average molecular weight is 771 g/mol. The molecule has 12 nitrogen and oxygen atoms in total. The van der Waals surface area contributed by atoms with Gasteiger partial charge < -0.3 is 24.4 Å². The van der Waals surface area contributed by atoms with Crippen LogP contribution in [0.5, 0.6) is 17.4 Å². The molecule has 7 rings (SSSR count). The molecular formula is C40H44F2N8O4S. The van der Waals surface area contributed by atoms with Gasteiger partial charge in [0.05, 0.1) is 22.9 Å². The van der Waals surface area contributed by atoms with Crippen molar-refractivity contribution in [3.63, 3.8) is 0 Å². The number of piperidine rings is 2. The molecule has 2 aliphatic heterocycles. The van der Waals surface area contributed by atoms with Crippen molar-refractivity contribution in [3.8, 4) is 23.4 Å². The van der Waals surface area contributed by atoms with E-state index >= 15 is 4.39 Å². The van der Waals surface area contributed by atoms with Gasteiger partial charge in [-0.3, -0.25) is 14.9 Å². The van der Waals surface area contributed by atoms with Gasteiger partial charge in [0.15, 0.2) is 11.6 Å². The monoisotopic (exact) mass is 770 g/mol. The molecule has 1 saturated carbocycles. The molecular weight excluding hydrogens is 727 g/mol. The van der Waals surface area contributed by atoms with Crippen molar-refractivity contribution in [2.75, 3.05) is 36.7 Å². The molecule has 1 unspecified atom stereocenters. The van der Waals surface area contributed by atoms with E-state index in [1.165, 1.54) is 30.3 Å². The molecule has 1 atom stereocenters. The van der Waals surface area contributed by atoms with Gasteiger partial charge in [-0.2, -0.15) is 5.26 Å². The van der Waals surface area contributed by atoms with Gasteiger partial charge in [0.1, 0.15) is 35.3 Å². The molecule has 0 bridgehead atoms. The minimum Gasteiger partial charge on any atom is -0.473 e. The summed E-state index contributed by atoms with van der Waals surface area (Å²) < 4.78 is 47.5. The third-order valence-corrected chi connectivity index (χ3v) is 11.6. The molecule has 3 aliphatic rings. The number of hydrogen-bond donors (Lipinski definition) is 3. The lowest BCUT2D eigenvalue weighted by Gasteiger charge is -2.40. The fraction of sp³-hybridized carbons (Fsp3) is 0.425. The molecule has 0 radical (unpaired) electrons. The Balaban J connectivity index is 0.908. The first-order valence-electron chi connectivity index (χ1n) is 18.8. The van der Waals surface area contributed by atoms with Crippen LogP contribution in [0, 0.1) is 23.0 Å². The highest BCUT2D eigenvalue weighted by atomic mass is 32.2. The van der Waals surface area contributed by atoms with Crippen LogP contribution < -0.4 is 24.8 Å². The molecule has 2 amide bonds. The summed E-state index contributed by atoms with van der Waals surface area (Å²) in [7, 11) is 1.90. The largest absolute Gasteiger partial charge is 0.473 e. The number of anilines is 2. The Morgan fingerprint density at radius 1 is 1.00 bits per heavy atom. The zero-order valence-corrected chi connectivity index (χ0v) is 31.6. The number of likely N-dealkylation sites (tertiary alicyclic amines) is 1. The van der Waals surface area contributed by atoms with E-state index < -0.39 is 11.9 Å². The molecule has 288 valence electrons. The zero-order valence-electron chi connectivity index (χ0n) is 30.8. The smallest absolute Gasteiger partial charge is 0.249 e. The Bertz CT molecular complexity index is 2080. The predicted octanol–water partition coefficient (Wildman–Crippen LogP) is 7.29. The lowest BCUT2D eigenvalue weighted by atomic mass is 9.80. The number of carbonyl (C=O) groups excluding carboxylic acids is 2. The molecule has 15 heteroatoms. The van der Waals surface area contributed by atoms with Gasteiger partial charge in [0.25, 0.3) is 0 Å². The molecule has 3 aromatic carbocycles. The van der Waals surface area contributed by atoms with E-state index in [0.29, 0.717) is 52.1 Å². The maximum absolute atomic E-state index is 15.3. The fourth-order valence-electron chi connectivity index (χ4n) is 7.52. The Morgan fingerprint density at radius 2 is 1.80 bits per heavy atom. The molecule has 3 fully saturated rings. The second-order valence-corrected chi connectivity index (χ2v) is 15.3. The molecule has 3 heterocycles. The number of carbonyl (C=O) groups is 2. The van der Waals surface area contributed by atoms with E-state index in [-0.39, 0.29) is 47.4 Å². The summed E-state index contributed by atoms with van der Waals surface area (Å²) in [5.74, 6) is -0.896. The maximum atomic E-state index is 15.3. The number of nitrogens with one attached hydrogen (secondary N) is 3. The van der Waals surface area contributed by atoms with Gasteiger partial charge in [-0.15, -0.1) is 0 Å². The minimum atomic E-state index is -0.652. The highest BCUT2D eigenvalue weighted by Gasteiger charge is 2.32. The van der Waals surface area contributed by atoms with E-state index in [2.05, 4.69) is 36.3 Å². The van der Waals surface area contributed by atoms with Crippen LogP contribution in [0.15, 0.2) is 54.7 Å². The van der Waals surface area contributed by atoms with Crippen LogP contribution in [-0.4, -0.2) is 75.9 Å². The summed E-state index contributed by atoms with van der Waals surface area (Å²) in [5.41, 5.74) is 2.90. The van der Waals surface area contributed by atoms with Crippen molar-refractivity contribution in [2.24, 2.45) is 0 Å². The first-order chi connectivity index (χ1) is 26.7. The van der Waals surface area contributed by atoms with Crippen molar-refractivity contribution >= 4 is 46.4 Å². The minimum absolute atomic E-state index is 0.0210. The van der Waals surface area contributed by atoms with E-state index in [4.69, 9.17) is 9.47 Å². The average Bonchev–Trinajstić information content (AvgIpc) is 3.19. The van der Waals surface area contributed by atoms with Gasteiger partial charge in [-0.05, 0) is 99.9 Å². The number of halogens is 2. The van der Waals surface area contributed by atoms with Gasteiger partial charge in [0, 0.05) is 56.0 Å². The summed E-state index contributed by atoms with van der Waals surface area (Å²) >= 11 is 1.30. The number of rotatable bonds is 12. The molecule has 3 N–H and O–H groups in total. The SMILES string of the molecule is CCN(C)SNc1ccc(F)c(Oc2ccc3ncc(OC4CCN(C5CCC(c6ccc(NC7CCC(=O)NC7=O)cc6F)CC5)CC4)nc3c2)c1C#N. The number of imide groups is 1. The molecule has 55 heavy (non-hydrogen) atoms. The van der Waals surface area contributed by atoms with Crippen LogP contribution in [0.25, 0.3) is 11.0 Å². The number of hydrogen-bond acceptors (Lipinski definition) is 12. The number of aromatic nitrogens is 2. The van der Waals surface area contributed by atoms with Crippen LogP contribution >= 0.6 is 12.1 Å². The standard InChI is InChI=1S/C40H44F2N8O4S/c1-3-49(2)55-48-33-13-11-31(41)39(30(33)22-43)54-28-9-12-34-36(21-28)46-38(23-44-34)53-27-16-18-50(19-17-27)26-7-4-24(5-8-26)29-10-6-25(20-32(29)42)45-35-14-15-37(51)47-40(35)52/h6,9-13,20-21,23-24,26-27,35,45,48H,3-5,7-8,14-19H2,1-2H3,(H,47,51,52). The lowest BCUT2D eigenvalue weighted by molar-refractivity contribution is -0.133. The van der Waals surface area contributed by atoms with Crippen LogP contribution in [0.4, 0.5) is 20.2 Å². The van der Waals surface area contributed by atoms with Gasteiger partial charge in [-0.25, -0.2) is 23.1 Å². The number of benzene rings is 3. The summed E-state index contributed by atoms with van der Waals surface area (Å²) in [6.45, 7) is 4.55.